The zero-order valence-electron chi connectivity index (χ0n) is 11.1. The summed E-state index contributed by atoms with van der Waals surface area (Å²) in [5.74, 6) is -1.26. The van der Waals surface area contributed by atoms with Gasteiger partial charge in [0.05, 0.1) is 4.92 Å². The van der Waals surface area contributed by atoms with Crippen molar-refractivity contribution < 1.29 is 14.1 Å². The molecule has 0 saturated carbocycles. The molecule has 0 bridgehead atoms. The van der Waals surface area contributed by atoms with Crippen molar-refractivity contribution in [2.24, 2.45) is 0 Å². The van der Waals surface area contributed by atoms with Crippen LogP contribution >= 0.6 is 0 Å². The fourth-order valence-corrected chi connectivity index (χ4v) is 2.39. The van der Waals surface area contributed by atoms with Gasteiger partial charge in [0.25, 0.3) is 11.6 Å². The number of nitro groups is 1. The van der Waals surface area contributed by atoms with Crippen LogP contribution in [-0.2, 0) is 0 Å². The summed E-state index contributed by atoms with van der Waals surface area (Å²) in [4.78, 5) is 22.5. The van der Waals surface area contributed by atoms with E-state index in [9.17, 15) is 19.3 Å². The van der Waals surface area contributed by atoms with E-state index in [0.29, 0.717) is 6.54 Å². The predicted molar refractivity (Wildman–Crippen MR) is 71.1 cm³/mol. The van der Waals surface area contributed by atoms with Crippen molar-refractivity contribution in [2.75, 3.05) is 13.1 Å². The molecule has 0 aliphatic carbocycles. The molecule has 2 N–H and O–H groups in total. The molecule has 7 heteroatoms. The smallest absolute Gasteiger partial charge is 0.285 e. The third kappa shape index (κ3) is 3.11. The van der Waals surface area contributed by atoms with Crippen LogP contribution in [0.1, 0.15) is 28.8 Å². The molecule has 1 heterocycles. The number of hydrogen-bond donors (Lipinski definition) is 2. The molecular formula is C13H16FN3O3. The Balaban J connectivity index is 2.26. The number of carbonyl (C=O) groups excluding carboxylic acids is 1. The molecule has 1 aliphatic rings. The second-order valence-electron chi connectivity index (χ2n) is 4.89. The molecule has 1 fully saturated rings. The van der Waals surface area contributed by atoms with Crippen LogP contribution in [0.5, 0.6) is 0 Å². The van der Waals surface area contributed by atoms with Gasteiger partial charge in [-0.05, 0) is 38.4 Å². The second kappa shape index (κ2) is 5.96. The van der Waals surface area contributed by atoms with Gasteiger partial charge in [0, 0.05) is 18.2 Å². The number of rotatable bonds is 3. The van der Waals surface area contributed by atoms with Gasteiger partial charge in [0.15, 0.2) is 0 Å². The zero-order chi connectivity index (χ0) is 14.7. The van der Waals surface area contributed by atoms with Crippen molar-refractivity contribution in [1.29, 1.82) is 0 Å². The Bertz CT molecular complexity index is 542. The lowest BCUT2D eigenvalue weighted by Crippen LogP contribution is -2.45. The Morgan fingerprint density at radius 1 is 1.55 bits per heavy atom. The average molecular weight is 281 g/mol. The Hall–Kier alpha value is -2.02. The first-order valence-electron chi connectivity index (χ1n) is 6.45. The van der Waals surface area contributed by atoms with E-state index in [1.54, 1.807) is 0 Å². The monoisotopic (exact) mass is 281 g/mol. The number of carbonyl (C=O) groups is 1. The number of nitrogens with one attached hydrogen (secondary N) is 2. The maximum Gasteiger partial charge on any atom is 0.285 e. The minimum absolute atomic E-state index is 0.0839. The number of aryl methyl sites for hydroxylation is 1. The predicted octanol–water partition coefficient (Wildman–Crippen LogP) is 1.52. The molecule has 1 atom stereocenters. The highest BCUT2D eigenvalue weighted by Crippen LogP contribution is 2.25. The first kappa shape index (κ1) is 14.4. The quantitative estimate of drug-likeness (QED) is 0.650. The van der Waals surface area contributed by atoms with Crippen molar-refractivity contribution in [3.63, 3.8) is 0 Å². The van der Waals surface area contributed by atoms with E-state index in [0.717, 1.165) is 31.5 Å². The van der Waals surface area contributed by atoms with Gasteiger partial charge < -0.3 is 10.6 Å². The van der Waals surface area contributed by atoms with Crippen LogP contribution in [0.25, 0.3) is 0 Å². The topological polar surface area (TPSA) is 84.3 Å². The molecule has 1 amide bonds. The third-order valence-corrected chi connectivity index (χ3v) is 3.32. The highest BCUT2D eigenvalue weighted by molar-refractivity contribution is 5.98. The van der Waals surface area contributed by atoms with Gasteiger partial charge in [-0.25, -0.2) is 4.39 Å². The van der Waals surface area contributed by atoms with Crippen molar-refractivity contribution in [3.05, 3.63) is 39.2 Å². The van der Waals surface area contributed by atoms with Crippen LogP contribution in [-0.4, -0.2) is 30.0 Å². The Kier molecular flexibility index (Phi) is 4.29. The molecule has 0 aromatic heterocycles. The molecule has 1 saturated heterocycles. The Morgan fingerprint density at radius 2 is 2.30 bits per heavy atom. The van der Waals surface area contributed by atoms with Gasteiger partial charge in [-0.1, -0.05) is 0 Å². The van der Waals surface area contributed by atoms with Crippen molar-refractivity contribution in [3.8, 4) is 0 Å². The maximum atomic E-state index is 13.4. The van der Waals surface area contributed by atoms with Gasteiger partial charge in [-0.3, -0.25) is 14.9 Å². The normalized spacial score (nSPS) is 18.6. The number of nitro benzene ring substituents is 1. The largest absolute Gasteiger partial charge is 0.348 e. The van der Waals surface area contributed by atoms with E-state index >= 15 is 0 Å². The number of benzene rings is 1. The lowest BCUT2D eigenvalue weighted by Gasteiger charge is -2.23. The Morgan fingerprint density at radius 3 is 2.90 bits per heavy atom. The molecule has 1 aromatic carbocycles. The fraction of sp³-hybridized carbons (Fsp3) is 0.462. The number of halogens is 1. The van der Waals surface area contributed by atoms with E-state index < -0.39 is 16.6 Å². The minimum atomic E-state index is -0.653. The molecule has 0 spiro atoms. The van der Waals surface area contributed by atoms with Crippen molar-refractivity contribution in [2.45, 2.75) is 25.8 Å². The highest BCUT2D eigenvalue weighted by atomic mass is 19.1. The summed E-state index contributed by atoms with van der Waals surface area (Å²) in [6.07, 6.45) is 1.73. The maximum absolute atomic E-state index is 13.4. The number of hydrogen-bond acceptors (Lipinski definition) is 4. The number of piperidine rings is 1. The lowest BCUT2D eigenvalue weighted by atomic mass is 10.0. The fourth-order valence-electron chi connectivity index (χ4n) is 2.39. The number of nitrogens with zero attached hydrogens (tertiary/aromatic N) is 1. The van der Waals surface area contributed by atoms with Gasteiger partial charge in [0.1, 0.15) is 11.4 Å². The van der Waals surface area contributed by atoms with Crippen LogP contribution < -0.4 is 10.6 Å². The molecule has 1 aromatic rings. The van der Waals surface area contributed by atoms with Crippen molar-refractivity contribution in [1.82, 2.24) is 10.6 Å². The molecule has 108 valence electrons. The molecule has 0 radical (unpaired) electrons. The molecule has 20 heavy (non-hydrogen) atoms. The van der Waals surface area contributed by atoms with E-state index in [4.69, 9.17) is 0 Å². The number of amides is 1. The van der Waals surface area contributed by atoms with Crippen LogP contribution in [0.4, 0.5) is 10.1 Å². The minimum Gasteiger partial charge on any atom is -0.348 e. The summed E-state index contributed by atoms with van der Waals surface area (Å²) >= 11 is 0. The average Bonchev–Trinajstić information content (AvgIpc) is 2.38. The SMILES string of the molecule is Cc1cc(F)cc(C(=O)NC2CCCNC2)c1[N+](=O)[O-]. The van der Waals surface area contributed by atoms with Gasteiger partial charge in [0.2, 0.25) is 0 Å². The van der Waals surface area contributed by atoms with Crippen molar-refractivity contribution >= 4 is 11.6 Å². The van der Waals surface area contributed by atoms with E-state index in [1.165, 1.54) is 6.92 Å². The van der Waals surface area contributed by atoms with E-state index in [2.05, 4.69) is 10.6 Å². The van der Waals surface area contributed by atoms with E-state index in [-0.39, 0.29) is 22.9 Å². The summed E-state index contributed by atoms with van der Waals surface area (Å²) in [5.41, 5.74) is -0.423. The molecule has 1 aliphatic heterocycles. The molecular weight excluding hydrogens is 265 g/mol. The standard InChI is InChI=1S/C13H16FN3O3/c1-8-5-9(14)6-11(12(8)17(19)20)13(18)16-10-3-2-4-15-7-10/h5-6,10,15H,2-4,7H2,1H3,(H,16,18). The summed E-state index contributed by atoms with van der Waals surface area (Å²) < 4.78 is 13.4. The highest BCUT2D eigenvalue weighted by Gasteiger charge is 2.26. The van der Waals surface area contributed by atoms with Crippen LogP contribution in [0, 0.1) is 22.9 Å². The summed E-state index contributed by atoms with van der Waals surface area (Å²) in [6, 6.07) is 1.88. The molecule has 1 unspecified atom stereocenters. The summed E-state index contributed by atoms with van der Waals surface area (Å²) in [7, 11) is 0. The molecule has 6 nitrogen and oxygen atoms in total. The summed E-state index contributed by atoms with van der Waals surface area (Å²) in [6.45, 7) is 2.93. The first-order valence-corrected chi connectivity index (χ1v) is 6.45. The zero-order valence-corrected chi connectivity index (χ0v) is 11.1. The van der Waals surface area contributed by atoms with Gasteiger partial charge >= 0.3 is 0 Å². The summed E-state index contributed by atoms with van der Waals surface area (Å²) in [5, 5.41) is 16.9. The second-order valence-corrected chi connectivity index (χ2v) is 4.89. The van der Waals surface area contributed by atoms with Gasteiger partial charge in [-0.15, -0.1) is 0 Å². The lowest BCUT2D eigenvalue weighted by molar-refractivity contribution is -0.385. The molecule has 2 rings (SSSR count). The van der Waals surface area contributed by atoms with Crippen LogP contribution in [0.15, 0.2) is 12.1 Å². The van der Waals surface area contributed by atoms with Crippen LogP contribution in [0.2, 0.25) is 0 Å². The van der Waals surface area contributed by atoms with Gasteiger partial charge in [-0.2, -0.15) is 0 Å². The third-order valence-electron chi connectivity index (χ3n) is 3.32. The Labute approximate surface area is 115 Å². The van der Waals surface area contributed by atoms with E-state index in [1.807, 2.05) is 0 Å². The van der Waals surface area contributed by atoms with Crippen LogP contribution in [0.3, 0.4) is 0 Å². The first-order chi connectivity index (χ1) is 9.49.